The standard InChI is InChI=1S/C16H19ClN2O/c17-15-6-2-1-4-14(15)5-3-7-16(20)19-10-8-13(12-18)9-11-19/h1-2,4,6,13H,3,5,7-11H2. The monoisotopic (exact) mass is 290 g/mol. The maximum atomic E-state index is 12.1. The molecule has 1 heterocycles. The van der Waals surface area contributed by atoms with E-state index in [-0.39, 0.29) is 11.8 Å². The lowest BCUT2D eigenvalue weighted by atomic mass is 9.98. The maximum absolute atomic E-state index is 12.1. The van der Waals surface area contributed by atoms with Crippen LogP contribution in [0.15, 0.2) is 24.3 Å². The second-order valence-corrected chi connectivity index (χ2v) is 5.64. The predicted molar refractivity (Wildman–Crippen MR) is 79.3 cm³/mol. The lowest BCUT2D eigenvalue weighted by molar-refractivity contribution is -0.132. The van der Waals surface area contributed by atoms with Gasteiger partial charge in [-0.05, 0) is 37.3 Å². The van der Waals surface area contributed by atoms with Crippen LogP contribution in [0.2, 0.25) is 5.02 Å². The van der Waals surface area contributed by atoms with E-state index in [0.29, 0.717) is 6.42 Å². The van der Waals surface area contributed by atoms with Gasteiger partial charge in [-0.2, -0.15) is 5.26 Å². The summed E-state index contributed by atoms with van der Waals surface area (Å²) < 4.78 is 0. The Labute approximate surface area is 125 Å². The third kappa shape index (κ3) is 3.98. The number of aryl methyl sites for hydroxylation is 1. The number of hydrogen-bond acceptors (Lipinski definition) is 2. The zero-order chi connectivity index (χ0) is 14.4. The molecule has 3 nitrogen and oxygen atoms in total. The van der Waals surface area contributed by atoms with Crippen molar-refractivity contribution >= 4 is 17.5 Å². The van der Waals surface area contributed by atoms with Crippen molar-refractivity contribution in [3.8, 4) is 6.07 Å². The van der Waals surface area contributed by atoms with Gasteiger partial charge in [-0.15, -0.1) is 0 Å². The van der Waals surface area contributed by atoms with Crippen LogP contribution in [0.3, 0.4) is 0 Å². The molecule has 1 fully saturated rings. The van der Waals surface area contributed by atoms with Crippen LogP contribution in [0, 0.1) is 17.2 Å². The van der Waals surface area contributed by atoms with Crippen LogP contribution in [-0.4, -0.2) is 23.9 Å². The third-order valence-corrected chi connectivity index (χ3v) is 4.19. The average molecular weight is 291 g/mol. The number of rotatable bonds is 4. The Balaban J connectivity index is 1.74. The number of amides is 1. The highest BCUT2D eigenvalue weighted by Gasteiger charge is 2.21. The molecule has 20 heavy (non-hydrogen) atoms. The summed E-state index contributed by atoms with van der Waals surface area (Å²) in [5.41, 5.74) is 1.10. The molecule has 1 aromatic carbocycles. The molecule has 1 aliphatic heterocycles. The molecule has 0 aliphatic carbocycles. The zero-order valence-corrected chi connectivity index (χ0v) is 12.3. The lowest BCUT2D eigenvalue weighted by Crippen LogP contribution is -2.38. The number of carbonyl (C=O) groups is 1. The number of nitriles is 1. The van der Waals surface area contributed by atoms with Gasteiger partial charge in [0.15, 0.2) is 0 Å². The Morgan fingerprint density at radius 3 is 2.70 bits per heavy atom. The molecule has 0 radical (unpaired) electrons. The normalized spacial score (nSPS) is 15.9. The minimum Gasteiger partial charge on any atom is -0.343 e. The van der Waals surface area contributed by atoms with E-state index in [1.165, 1.54) is 0 Å². The van der Waals surface area contributed by atoms with Crippen molar-refractivity contribution in [3.05, 3.63) is 34.9 Å². The van der Waals surface area contributed by atoms with E-state index in [1.807, 2.05) is 29.2 Å². The molecular weight excluding hydrogens is 272 g/mol. The van der Waals surface area contributed by atoms with Crippen molar-refractivity contribution in [2.45, 2.75) is 32.1 Å². The topological polar surface area (TPSA) is 44.1 Å². The van der Waals surface area contributed by atoms with Crippen molar-refractivity contribution in [1.82, 2.24) is 4.90 Å². The van der Waals surface area contributed by atoms with Gasteiger partial charge in [0.2, 0.25) is 5.91 Å². The first-order chi connectivity index (χ1) is 9.70. The lowest BCUT2D eigenvalue weighted by Gasteiger charge is -2.29. The molecular formula is C16H19ClN2O. The number of piperidine rings is 1. The van der Waals surface area contributed by atoms with E-state index in [0.717, 1.165) is 49.4 Å². The van der Waals surface area contributed by atoms with Crippen LogP contribution in [0.25, 0.3) is 0 Å². The molecule has 2 rings (SSSR count). The second-order valence-electron chi connectivity index (χ2n) is 5.23. The molecule has 0 aromatic heterocycles. The molecule has 4 heteroatoms. The van der Waals surface area contributed by atoms with Gasteiger partial charge in [0.1, 0.15) is 0 Å². The van der Waals surface area contributed by atoms with E-state index < -0.39 is 0 Å². The zero-order valence-electron chi connectivity index (χ0n) is 11.5. The van der Waals surface area contributed by atoms with Gasteiger partial charge in [-0.25, -0.2) is 0 Å². The number of likely N-dealkylation sites (tertiary alicyclic amines) is 1. The maximum Gasteiger partial charge on any atom is 0.222 e. The van der Waals surface area contributed by atoms with E-state index in [1.54, 1.807) is 0 Å². The summed E-state index contributed by atoms with van der Waals surface area (Å²) in [7, 11) is 0. The molecule has 1 saturated heterocycles. The summed E-state index contributed by atoms with van der Waals surface area (Å²) in [6.07, 6.45) is 3.84. The minimum atomic E-state index is 0.127. The van der Waals surface area contributed by atoms with Crippen molar-refractivity contribution in [1.29, 1.82) is 5.26 Å². The molecule has 1 amide bonds. The predicted octanol–water partition coefficient (Wildman–Crippen LogP) is 3.42. The molecule has 0 bridgehead atoms. The van der Waals surface area contributed by atoms with Gasteiger partial charge in [-0.3, -0.25) is 4.79 Å². The van der Waals surface area contributed by atoms with E-state index in [4.69, 9.17) is 16.9 Å². The van der Waals surface area contributed by atoms with E-state index >= 15 is 0 Å². The molecule has 0 saturated carbocycles. The third-order valence-electron chi connectivity index (χ3n) is 3.82. The van der Waals surface area contributed by atoms with Crippen LogP contribution in [0.5, 0.6) is 0 Å². The first-order valence-corrected chi connectivity index (χ1v) is 7.49. The first kappa shape index (κ1) is 14.9. The highest BCUT2D eigenvalue weighted by molar-refractivity contribution is 6.31. The first-order valence-electron chi connectivity index (χ1n) is 7.11. The SMILES string of the molecule is N#CC1CCN(C(=O)CCCc2ccccc2Cl)CC1. The van der Waals surface area contributed by atoms with Gasteiger partial charge >= 0.3 is 0 Å². The molecule has 106 valence electrons. The van der Waals surface area contributed by atoms with Crippen LogP contribution < -0.4 is 0 Å². The van der Waals surface area contributed by atoms with Gasteiger partial charge in [0.25, 0.3) is 0 Å². The summed E-state index contributed by atoms with van der Waals surface area (Å²) in [4.78, 5) is 14.0. The summed E-state index contributed by atoms with van der Waals surface area (Å²) in [6, 6.07) is 10.0. The Kier molecular flexibility index (Phi) is 5.43. The largest absolute Gasteiger partial charge is 0.343 e. The molecule has 1 aliphatic rings. The fourth-order valence-corrected chi connectivity index (χ4v) is 2.78. The van der Waals surface area contributed by atoms with Crippen molar-refractivity contribution in [3.63, 3.8) is 0 Å². The minimum absolute atomic E-state index is 0.127. The van der Waals surface area contributed by atoms with Crippen molar-refractivity contribution in [2.24, 2.45) is 5.92 Å². The van der Waals surface area contributed by atoms with Crippen LogP contribution in [-0.2, 0) is 11.2 Å². The fourth-order valence-electron chi connectivity index (χ4n) is 2.55. The van der Waals surface area contributed by atoms with E-state index in [2.05, 4.69) is 6.07 Å². The molecule has 1 aromatic rings. The fraction of sp³-hybridized carbons (Fsp3) is 0.500. The quantitative estimate of drug-likeness (QED) is 0.853. The Hall–Kier alpha value is -1.53. The molecule has 0 atom stereocenters. The van der Waals surface area contributed by atoms with Gasteiger partial charge in [0, 0.05) is 30.5 Å². The molecule has 0 spiro atoms. The molecule has 0 N–H and O–H groups in total. The summed E-state index contributed by atoms with van der Waals surface area (Å²) in [5.74, 6) is 0.329. The Bertz CT molecular complexity index is 501. The summed E-state index contributed by atoms with van der Waals surface area (Å²) >= 11 is 6.09. The van der Waals surface area contributed by atoms with Crippen molar-refractivity contribution < 1.29 is 4.79 Å². The second kappa shape index (κ2) is 7.31. The number of nitrogens with zero attached hydrogens (tertiary/aromatic N) is 2. The number of halogens is 1. The van der Waals surface area contributed by atoms with Gasteiger partial charge in [-0.1, -0.05) is 29.8 Å². The Morgan fingerprint density at radius 2 is 2.05 bits per heavy atom. The van der Waals surface area contributed by atoms with Crippen LogP contribution in [0.4, 0.5) is 0 Å². The number of benzene rings is 1. The average Bonchev–Trinajstić information content (AvgIpc) is 2.49. The number of carbonyl (C=O) groups excluding carboxylic acids is 1. The van der Waals surface area contributed by atoms with Crippen LogP contribution >= 0.6 is 11.6 Å². The number of hydrogen-bond donors (Lipinski definition) is 0. The van der Waals surface area contributed by atoms with Crippen molar-refractivity contribution in [2.75, 3.05) is 13.1 Å². The molecule has 0 unspecified atom stereocenters. The smallest absolute Gasteiger partial charge is 0.222 e. The highest BCUT2D eigenvalue weighted by Crippen LogP contribution is 2.19. The summed E-state index contributed by atoms with van der Waals surface area (Å²) in [5, 5.41) is 9.62. The Morgan fingerprint density at radius 1 is 1.35 bits per heavy atom. The van der Waals surface area contributed by atoms with Gasteiger partial charge < -0.3 is 4.90 Å². The summed E-state index contributed by atoms with van der Waals surface area (Å²) in [6.45, 7) is 1.45. The van der Waals surface area contributed by atoms with Gasteiger partial charge in [0.05, 0.1) is 6.07 Å². The highest BCUT2D eigenvalue weighted by atomic mass is 35.5. The van der Waals surface area contributed by atoms with E-state index in [9.17, 15) is 4.79 Å². The van der Waals surface area contributed by atoms with Crippen LogP contribution in [0.1, 0.15) is 31.2 Å².